The van der Waals surface area contributed by atoms with E-state index in [1.54, 1.807) is 24.0 Å². The number of piperidine rings is 1. The van der Waals surface area contributed by atoms with Crippen LogP contribution in [0.5, 0.6) is 5.75 Å². The third-order valence-electron chi connectivity index (χ3n) is 4.23. The van der Waals surface area contributed by atoms with Crippen LogP contribution in [0, 0.1) is 12.8 Å². The van der Waals surface area contributed by atoms with Crippen molar-refractivity contribution in [3.8, 4) is 5.75 Å². The Balaban J connectivity index is 1.42. The van der Waals surface area contributed by atoms with Crippen molar-refractivity contribution in [3.63, 3.8) is 0 Å². The summed E-state index contributed by atoms with van der Waals surface area (Å²) in [5, 5.41) is 6.78. The van der Waals surface area contributed by atoms with E-state index in [9.17, 15) is 9.59 Å². The molecule has 0 saturated carbocycles. The SMILES string of the molecule is Cc1nnsc1C(=O)NCC1CCN(C(=O)Oc2ccccc2)CC1. The van der Waals surface area contributed by atoms with E-state index in [-0.39, 0.29) is 12.0 Å². The van der Waals surface area contributed by atoms with Crippen LogP contribution in [0.25, 0.3) is 0 Å². The van der Waals surface area contributed by atoms with Crippen LogP contribution < -0.4 is 10.1 Å². The molecule has 2 aromatic rings. The fraction of sp³-hybridized carbons (Fsp3) is 0.412. The summed E-state index contributed by atoms with van der Waals surface area (Å²) >= 11 is 1.11. The average molecular weight is 360 g/mol. The number of carbonyl (C=O) groups excluding carboxylic acids is 2. The maximum atomic E-state index is 12.2. The van der Waals surface area contributed by atoms with Crippen LogP contribution in [0.15, 0.2) is 30.3 Å². The van der Waals surface area contributed by atoms with E-state index < -0.39 is 0 Å². The maximum Gasteiger partial charge on any atom is 0.415 e. The number of nitrogens with one attached hydrogen (secondary N) is 1. The Kier molecular flexibility index (Phi) is 5.60. The van der Waals surface area contributed by atoms with Gasteiger partial charge in [-0.05, 0) is 49.3 Å². The minimum atomic E-state index is -0.319. The molecule has 3 rings (SSSR count). The molecule has 1 aromatic heterocycles. The molecule has 132 valence electrons. The van der Waals surface area contributed by atoms with Gasteiger partial charge in [0.15, 0.2) is 0 Å². The number of hydrogen-bond donors (Lipinski definition) is 1. The third-order valence-corrected chi connectivity index (χ3v) is 5.06. The number of nitrogens with zero attached hydrogens (tertiary/aromatic N) is 3. The summed E-state index contributed by atoms with van der Waals surface area (Å²) in [6, 6.07) is 9.06. The second-order valence-corrected chi connectivity index (χ2v) is 6.76. The molecule has 1 aliphatic rings. The highest BCUT2D eigenvalue weighted by atomic mass is 32.1. The minimum absolute atomic E-state index is 0.126. The van der Waals surface area contributed by atoms with Gasteiger partial charge in [-0.15, -0.1) is 5.10 Å². The fourth-order valence-electron chi connectivity index (χ4n) is 2.73. The monoisotopic (exact) mass is 360 g/mol. The molecule has 2 amide bonds. The van der Waals surface area contributed by atoms with Crippen LogP contribution >= 0.6 is 11.5 Å². The van der Waals surface area contributed by atoms with Crippen molar-refractivity contribution >= 4 is 23.5 Å². The summed E-state index contributed by atoms with van der Waals surface area (Å²) in [7, 11) is 0. The summed E-state index contributed by atoms with van der Waals surface area (Å²) in [5.74, 6) is 0.778. The molecule has 1 N–H and O–H groups in total. The molecule has 7 nitrogen and oxygen atoms in total. The standard InChI is InChI=1S/C17H20N4O3S/c1-12-15(25-20-19-12)16(22)18-11-13-7-9-21(10-8-13)17(23)24-14-5-3-2-4-6-14/h2-6,13H,7-11H2,1H3,(H,18,22). The number of aromatic nitrogens is 2. The number of rotatable bonds is 4. The Labute approximate surface area is 150 Å². The molecule has 0 spiro atoms. The smallest absolute Gasteiger partial charge is 0.410 e. The molecule has 1 aromatic carbocycles. The molecule has 0 radical (unpaired) electrons. The molecule has 8 heteroatoms. The molecular formula is C17H20N4O3S. The van der Waals surface area contributed by atoms with Crippen molar-refractivity contribution in [2.24, 2.45) is 5.92 Å². The highest BCUT2D eigenvalue weighted by molar-refractivity contribution is 7.07. The third kappa shape index (κ3) is 4.54. The van der Waals surface area contributed by atoms with Gasteiger partial charge in [0.2, 0.25) is 0 Å². The lowest BCUT2D eigenvalue weighted by molar-refractivity contribution is 0.0934. The Hall–Kier alpha value is -2.48. The summed E-state index contributed by atoms with van der Waals surface area (Å²) in [6.45, 7) is 3.63. The highest BCUT2D eigenvalue weighted by Gasteiger charge is 2.25. The van der Waals surface area contributed by atoms with Gasteiger partial charge in [0.05, 0.1) is 5.69 Å². The number of aryl methyl sites for hydroxylation is 1. The largest absolute Gasteiger partial charge is 0.415 e. The number of para-hydroxylation sites is 1. The van der Waals surface area contributed by atoms with Gasteiger partial charge in [-0.3, -0.25) is 4.79 Å². The minimum Gasteiger partial charge on any atom is -0.410 e. The number of likely N-dealkylation sites (tertiary alicyclic amines) is 1. The molecule has 25 heavy (non-hydrogen) atoms. The van der Waals surface area contributed by atoms with E-state index in [1.807, 2.05) is 18.2 Å². The number of hydrogen-bond acceptors (Lipinski definition) is 6. The number of benzene rings is 1. The number of amides is 2. The van der Waals surface area contributed by atoms with Crippen molar-refractivity contribution in [1.82, 2.24) is 19.8 Å². The van der Waals surface area contributed by atoms with Gasteiger partial charge in [0.25, 0.3) is 5.91 Å². The molecular weight excluding hydrogens is 340 g/mol. The average Bonchev–Trinajstić information content (AvgIpc) is 3.07. The Morgan fingerprint density at radius 2 is 2.00 bits per heavy atom. The second kappa shape index (κ2) is 8.06. The Morgan fingerprint density at radius 1 is 1.28 bits per heavy atom. The van der Waals surface area contributed by atoms with Gasteiger partial charge in [-0.25, -0.2) is 4.79 Å². The second-order valence-electron chi connectivity index (χ2n) is 6.01. The van der Waals surface area contributed by atoms with E-state index >= 15 is 0 Å². The number of ether oxygens (including phenoxy) is 1. The zero-order valence-corrected chi connectivity index (χ0v) is 14.8. The first-order valence-corrected chi connectivity index (χ1v) is 9.00. The summed E-state index contributed by atoms with van der Waals surface area (Å²) in [5.41, 5.74) is 0.654. The van der Waals surface area contributed by atoms with Crippen LogP contribution in [0.4, 0.5) is 4.79 Å². The van der Waals surface area contributed by atoms with Crippen LogP contribution in [0.2, 0.25) is 0 Å². The molecule has 0 aliphatic carbocycles. The Bertz CT molecular complexity index is 727. The zero-order valence-electron chi connectivity index (χ0n) is 14.0. The van der Waals surface area contributed by atoms with Crippen molar-refractivity contribution < 1.29 is 14.3 Å². The van der Waals surface area contributed by atoms with Gasteiger partial charge in [0, 0.05) is 19.6 Å². The van der Waals surface area contributed by atoms with Crippen LogP contribution in [-0.2, 0) is 0 Å². The van der Waals surface area contributed by atoms with Gasteiger partial charge < -0.3 is 15.0 Å². The molecule has 0 bridgehead atoms. The van der Waals surface area contributed by atoms with E-state index in [1.165, 1.54) is 0 Å². The summed E-state index contributed by atoms with van der Waals surface area (Å²) in [4.78, 5) is 26.5. The lowest BCUT2D eigenvalue weighted by atomic mass is 9.97. The predicted molar refractivity (Wildman–Crippen MR) is 93.7 cm³/mol. The lowest BCUT2D eigenvalue weighted by Gasteiger charge is -2.31. The van der Waals surface area contributed by atoms with Crippen molar-refractivity contribution in [2.75, 3.05) is 19.6 Å². The quantitative estimate of drug-likeness (QED) is 0.905. The molecule has 0 unspecified atom stereocenters. The van der Waals surface area contributed by atoms with Gasteiger partial charge in [-0.1, -0.05) is 22.7 Å². The normalized spacial score (nSPS) is 15.0. The Morgan fingerprint density at radius 3 is 2.64 bits per heavy atom. The molecule has 1 aliphatic heterocycles. The highest BCUT2D eigenvalue weighted by Crippen LogP contribution is 2.19. The first-order valence-electron chi connectivity index (χ1n) is 8.22. The van der Waals surface area contributed by atoms with E-state index in [0.717, 1.165) is 24.4 Å². The summed E-state index contributed by atoms with van der Waals surface area (Å²) < 4.78 is 9.13. The molecule has 2 heterocycles. The lowest BCUT2D eigenvalue weighted by Crippen LogP contribution is -2.42. The van der Waals surface area contributed by atoms with Gasteiger partial charge in [0.1, 0.15) is 10.6 Å². The van der Waals surface area contributed by atoms with Crippen molar-refractivity contribution in [2.45, 2.75) is 19.8 Å². The molecule has 0 atom stereocenters. The van der Waals surface area contributed by atoms with Gasteiger partial charge >= 0.3 is 6.09 Å². The van der Waals surface area contributed by atoms with E-state index in [2.05, 4.69) is 14.9 Å². The fourth-order valence-corrected chi connectivity index (χ4v) is 3.30. The predicted octanol–water partition coefficient (Wildman–Crippen LogP) is 2.49. The summed E-state index contributed by atoms with van der Waals surface area (Å²) in [6.07, 6.45) is 1.36. The van der Waals surface area contributed by atoms with Gasteiger partial charge in [-0.2, -0.15) is 0 Å². The van der Waals surface area contributed by atoms with E-state index in [0.29, 0.717) is 41.9 Å². The molecule has 1 saturated heterocycles. The maximum absolute atomic E-state index is 12.2. The topological polar surface area (TPSA) is 84.4 Å². The first-order chi connectivity index (χ1) is 12.1. The van der Waals surface area contributed by atoms with Crippen LogP contribution in [0.1, 0.15) is 28.2 Å². The van der Waals surface area contributed by atoms with Crippen LogP contribution in [0.3, 0.4) is 0 Å². The first kappa shape index (κ1) is 17.3. The zero-order chi connectivity index (χ0) is 17.6. The molecule has 1 fully saturated rings. The van der Waals surface area contributed by atoms with Crippen LogP contribution in [-0.4, -0.2) is 46.1 Å². The number of carbonyl (C=O) groups is 2. The van der Waals surface area contributed by atoms with Crippen molar-refractivity contribution in [1.29, 1.82) is 0 Å². The van der Waals surface area contributed by atoms with Crippen molar-refractivity contribution in [3.05, 3.63) is 40.9 Å². The van der Waals surface area contributed by atoms with E-state index in [4.69, 9.17) is 4.74 Å².